The molecule has 0 radical (unpaired) electrons. The fraction of sp³-hybridized carbons (Fsp3) is 0.571. The molecule has 0 aliphatic heterocycles. The molecule has 1 aromatic carbocycles. The Hall–Kier alpha value is -1.02. The summed E-state index contributed by atoms with van der Waals surface area (Å²) in [5, 5.41) is 3.60. The summed E-state index contributed by atoms with van der Waals surface area (Å²) in [4.78, 5) is 0. The van der Waals surface area contributed by atoms with Gasteiger partial charge in [-0.3, -0.25) is 0 Å². The minimum atomic E-state index is 0.370. The summed E-state index contributed by atoms with van der Waals surface area (Å²) in [6.07, 6.45) is 5.37. The zero-order valence-corrected chi connectivity index (χ0v) is 10.2. The molecular weight excluding hydrogens is 198 g/mol. The van der Waals surface area contributed by atoms with Crippen molar-refractivity contribution in [3.8, 4) is 0 Å². The highest BCUT2D eigenvalue weighted by Gasteiger charge is 2.24. The highest BCUT2D eigenvalue weighted by molar-refractivity contribution is 5.46. The summed E-state index contributed by atoms with van der Waals surface area (Å²) in [7, 11) is 1.82. The van der Waals surface area contributed by atoms with Crippen LogP contribution in [0.5, 0.6) is 0 Å². The number of hydrogen-bond donors (Lipinski definition) is 1. The third-order valence-electron chi connectivity index (χ3n) is 3.38. The molecular formula is C14H21NO. The molecule has 1 saturated carbocycles. The average molecular weight is 219 g/mol. The normalized spacial score (nSPS) is 25.4. The summed E-state index contributed by atoms with van der Waals surface area (Å²) in [6, 6.07) is 9.03. The topological polar surface area (TPSA) is 21.3 Å². The van der Waals surface area contributed by atoms with Crippen molar-refractivity contribution in [1.82, 2.24) is 0 Å². The number of aryl methyl sites for hydroxylation is 1. The molecule has 2 nitrogen and oxygen atoms in total. The van der Waals surface area contributed by atoms with Gasteiger partial charge < -0.3 is 10.1 Å². The molecule has 0 bridgehead atoms. The van der Waals surface area contributed by atoms with Crippen molar-refractivity contribution in [1.29, 1.82) is 0 Å². The smallest absolute Gasteiger partial charge is 0.0772 e. The molecule has 2 unspecified atom stereocenters. The Morgan fingerprint density at radius 1 is 1.25 bits per heavy atom. The molecule has 1 aliphatic rings. The predicted molar refractivity (Wildman–Crippen MR) is 67.9 cm³/mol. The maximum Gasteiger partial charge on any atom is 0.0772 e. The van der Waals surface area contributed by atoms with E-state index in [0.29, 0.717) is 12.1 Å². The number of ether oxygens (including phenoxy) is 1. The fourth-order valence-corrected chi connectivity index (χ4v) is 2.49. The van der Waals surface area contributed by atoms with Gasteiger partial charge in [-0.05, 0) is 37.5 Å². The molecule has 1 aliphatic carbocycles. The van der Waals surface area contributed by atoms with Crippen LogP contribution >= 0.6 is 0 Å². The number of methoxy groups -OCH3 is 1. The molecule has 2 rings (SSSR count). The monoisotopic (exact) mass is 219 g/mol. The van der Waals surface area contributed by atoms with Crippen LogP contribution in [0.1, 0.15) is 31.2 Å². The number of rotatable bonds is 3. The van der Waals surface area contributed by atoms with Gasteiger partial charge in [0.15, 0.2) is 0 Å². The Morgan fingerprint density at radius 3 is 2.81 bits per heavy atom. The van der Waals surface area contributed by atoms with Gasteiger partial charge in [-0.2, -0.15) is 0 Å². The van der Waals surface area contributed by atoms with Gasteiger partial charge in [-0.1, -0.05) is 25.0 Å². The maximum atomic E-state index is 5.54. The molecule has 1 N–H and O–H groups in total. The largest absolute Gasteiger partial charge is 0.380 e. The minimum Gasteiger partial charge on any atom is -0.380 e. The second-order valence-electron chi connectivity index (χ2n) is 4.68. The lowest BCUT2D eigenvalue weighted by atomic mass is 9.92. The first-order valence-corrected chi connectivity index (χ1v) is 6.15. The molecule has 88 valence electrons. The van der Waals surface area contributed by atoms with Crippen LogP contribution in [0.2, 0.25) is 0 Å². The number of benzene rings is 1. The van der Waals surface area contributed by atoms with Crippen molar-refractivity contribution in [2.24, 2.45) is 0 Å². The van der Waals surface area contributed by atoms with Gasteiger partial charge >= 0.3 is 0 Å². The predicted octanol–water partition coefficient (Wildman–Crippen LogP) is 3.36. The van der Waals surface area contributed by atoms with Crippen LogP contribution in [0.3, 0.4) is 0 Å². The summed E-state index contributed by atoms with van der Waals surface area (Å²) >= 11 is 0. The van der Waals surface area contributed by atoms with Gasteiger partial charge in [0.05, 0.1) is 12.1 Å². The third kappa shape index (κ3) is 2.76. The number of hydrogen-bond acceptors (Lipinski definition) is 2. The molecule has 1 fully saturated rings. The van der Waals surface area contributed by atoms with Gasteiger partial charge in [-0.25, -0.2) is 0 Å². The van der Waals surface area contributed by atoms with E-state index in [1.807, 2.05) is 7.11 Å². The van der Waals surface area contributed by atoms with Gasteiger partial charge in [0.1, 0.15) is 0 Å². The van der Waals surface area contributed by atoms with Crippen molar-refractivity contribution in [2.45, 2.75) is 44.8 Å². The summed E-state index contributed by atoms with van der Waals surface area (Å²) in [5.74, 6) is 0. The van der Waals surface area contributed by atoms with Crippen LogP contribution in [-0.4, -0.2) is 19.3 Å². The zero-order chi connectivity index (χ0) is 11.4. The van der Waals surface area contributed by atoms with Gasteiger partial charge in [0.25, 0.3) is 0 Å². The van der Waals surface area contributed by atoms with E-state index in [1.165, 1.54) is 36.9 Å². The first-order chi connectivity index (χ1) is 7.79. The van der Waals surface area contributed by atoms with E-state index in [2.05, 4.69) is 36.5 Å². The summed E-state index contributed by atoms with van der Waals surface area (Å²) in [5.41, 5.74) is 2.52. The molecule has 1 aromatic rings. The molecule has 0 saturated heterocycles. The Bertz CT molecular complexity index is 337. The molecule has 0 heterocycles. The standard InChI is InChI=1S/C14H21NO/c1-11-6-5-7-12(10-11)15-13-8-3-4-9-14(13)16-2/h5-7,10,13-15H,3-4,8-9H2,1-2H3. The average Bonchev–Trinajstić information content (AvgIpc) is 2.30. The number of anilines is 1. The van der Waals surface area contributed by atoms with Gasteiger partial charge in [0.2, 0.25) is 0 Å². The lowest BCUT2D eigenvalue weighted by Gasteiger charge is -2.31. The van der Waals surface area contributed by atoms with Crippen molar-refractivity contribution in [3.63, 3.8) is 0 Å². The molecule has 0 spiro atoms. The molecule has 2 atom stereocenters. The van der Waals surface area contributed by atoms with Crippen molar-refractivity contribution < 1.29 is 4.74 Å². The first-order valence-electron chi connectivity index (χ1n) is 6.15. The second-order valence-corrected chi connectivity index (χ2v) is 4.68. The van der Waals surface area contributed by atoms with E-state index < -0.39 is 0 Å². The van der Waals surface area contributed by atoms with Gasteiger partial charge in [0, 0.05) is 12.8 Å². The van der Waals surface area contributed by atoms with Crippen molar-refractivity contribution >= 4 is 5.69 Å². The van der Waals surface area contributed by atoms with Crippen LogP contribution in [0.4, 0.5) is 5.69 Å². The van der Waals surface area contributed by atoms with E-state index in [9.17, 15) is 0 Å². The third-order valence-corrected chi connectivity index (χ3v) is 3.38. The van der Waals surface area contributed by atoms with E-state index in [0.717, 1.165) is 0 Å². The van der Waals surface area contributed by atoms with E-state index in [-0.39, 0.29) is 0 Å². The van der Waals surface area contributed by atoms with Crippen molar-refractivity contribution in [2.75, 3.05) is 12.4 Å². The van der Waals surface area contributed by atoms with E-state index >= 15 is 0 Å². The van der Waals surface area contributed by atoms with Crippen LogP contribution < -0.4 is 5.32 Å². The number of nitrogens with one attached hydrogen (secondary N) is 1. The Kier molecular flexibility index (Phi) is 3.83. The van der Waals surface area contributed by atoms with Crippen LogP contribution in [0.25, 0.3) is 0 Å². The quantitative estimate of drug-likeness (QED) is 0.841. The summed E-state index contributed by atoms with van der Waals surface area (Å²) < 4.78 is 5.54. The van der Waals surface area contributed by atoms with Gasteiger partial charge in [-0.15, -0.1) is 0 Å². The van der Waals surface area contributed by atoms with Crippen LogP contribution in [0.15, 0.2) is 24.3 Å². The Balaban J connectivity index is 2.02. The Labute approximate surface area is 98.0 Å². The fourth-order valence-electron chi connectivity index (χ4n) is 2.49. The molecule has 0 aromatic heterocycles. The highest BCUT2D eigenvalue weighted by Crippen LogP contribution is 2.24. The van der Waals surface area contributed by atoms with Crippen molar-refractivity contribution in [3.05, 3.63) is 29.8 Å². The Morgan fingerprint density at radius 2 is 2.06 bits per heavy atom. The SMILES string of the molecule is COC1CCCCC1Nc1cccc(C)c1. The molecule has 2 heteroatoms. The lowest BCUT2D eigenvalue weighted by molar-refractivity contribution is 0.0606. The van der Waals surface area contributed by atoms with Crippen LogP contribution in [0, 0.1) is 6.92 Å². The van der Waals surface area contributed by atoms with E-state index in [4.69, 9.17) is 4.74 Å². The molecule has 16 heavy (non-hydrogen) atoms. The minimum absolute atomic E-state index is 0.370. The summed E-state index contributed by atoms with van der Waals surface area (Å²) in [6.45, 7) is 2.12. The maximum absolute atomic E-state index is 5.54. The second kappa shape index (κ2) is 5.35. The van der Waals surface area contributed by atoms with E-state index in [1.54, 1.807) is 0 Å². The molecule has 0 amide bonds. The first kappa shape index (κ1) is 11.5. The van der Waals surface area contributed by atoms with Crippen LogP contribution in [-0.2, 0) is 4.74 Å². The highest BCUT2D eigenvalue weighted by atomic mass is 16.5. The zero-order valence-electron chi connectivity index (χ0n) is 10.2. The lowest BCUT2D eigenvalue weighted by Crippen LogP contribution is -2.37.